The number of aromatic nitrogens is 3. The van der Waals surface area contributed by atoms with Crippen molar-refractivity contribution in [2.24, 2.45) is 0 Å². The zero-order chi connectivity index (χ0) is 19.8. The van der Waals surface area contributed by atoms with Gasteiger partial charge in [-0.3, -0.25) is 9.78 Å². The van der Waals surface area contributed by atoms with Gasteiger partial charge >= 0.3 is 5.97 Å². The van der Waals surface area contributed by atoms with E-state index in [1.54, 1.807) is 19.9 Å². The monoisotopic (exact) mass is 391 g/mol. The van der Waals surface area contributed by atoms with Crippen molar-refractivity contribution in [1.29, 1.82) is 0 Å². The zero-order valence-corrected chi connectivity index (χ0v) is 16.2. The van der Waals surface area contributed by atoms with Crippen molar-refractivity contribution < 1.29 is 22.7 Å². The molecule has 3 rings (SSSR count). The minimum absolute atomic E-state index is 0.0371. The van der Waals surface area contributed by atoms with Crippen LogP contribution in [-0.4, -0.2) is 52.8 Å². The second-order valence-corrected chi connectivity index (χ2v) is 8.98. The Balaban J connectivity index is 1.71. The summed E-state index contributed by atoms with van der Waals surface area (Å²) in [4.78, 5) is 32.4. The van der Waals surface area contributed by atoms with E-state index in [2.05, 4.69) is 9.97 Å². The third-order valence-corrected chi connectivity index (χ3v) is 6.43. The van der Waals surface area contributed by atoms with Gasteiger partial charge in [0, 0.05) is 29.2 Å². The predicted molar refractivity (Wildman–Crippen MR) is 97.6 cm³/mol. The average Bonchev–Trinajstić information content (AvgIpc) is 3.11. The summed E-state index contributed by atoms with van der Waals surface area (Å²) in [6, 6.07) is 1.55. The Kier molecular flexibility index (Phi) is 5.14. The Morgan fingerprint density at radius 3 is 2.56 bits per heavy atom. The summed E-state index contributed by atoms with van der Waals surface area (Å²) >= 11 is 0. The highest BCUT2D eigenvalue weighted by atomic mass is 32.2. The summed E-state index contributed by atoms with van der Waals surface area (Å²) in [6.07, 6.45) is 3.28. The fraction of sp³-hybridized carbons (Fsp3) is 0.444. The molecule has 9 heteroatoms. The molecule has 0 radical (unpaired) electrons. The second-order valence-electron chi connectivity index (χ2n) is 6.75. The fourth-order valence-corrected chi connectivity index (χ4v) is 5.08. The smallest absolute Gasteiger partial charge is 0.358 e. The van der Waals surface area contributed by atoms with Crippen LogP contribution in [0.15, 0.2) is 18.5 Å². The first-order valence-corrected chi connectivity index (χ1v) is 10.4. The molecular weight excluding hydrogens is 370 g/mol. The number of carbonyl (C=O) groups is 2. The van der Waals surface area contributed by atoms with Gasteiger partial charge < -0.3 is 9.30 Å². The third-order valence-electron chi connectivity index (χ3n) is 4.68. The van der Waals surface area contributed by atoms with Gasteiger partial charge in [-0.15, -0.1) is 0 Å². The van der Waals surface area contributed by atoms with Gasteiger partial charge in [0.25, 0.3) is 0 Å². The first-order valence-electron chi connectivity index (χ1n) is 8.56. The summed E-state index contributed by atoms with van der Waals surface area (Å²) < 4.78 is 30.5. The van der Waals surface area contributed by atoms with E-state index in [-0.39, 0.29) is 29.0 Å². The Labute approximate surface area is 157 Å². The first kappa shape index (κ1) is 19.2. The van der Waals surface area contributed by atoms with E-state index >= 15 is 0 Å². The summed E-state index contributed by atoms with van der Waals surface area (Å²) in [5.74, 6) is -0.819. The molecular formula is C18H21N3O5S. The van der Waals surface area contributed by atoms with Crippen LogP contribution in [0.2, 0.25) is 0 Å². The minimum atomic E-state index is -3.03. The van der Waals surface area contributed by atoms with Gasteiger partial charge in [0.1, 0.15) is 0 Å². The number of rotatable bonds is 5. The quantitative estimate of drug-likeness (QED) is 0.563. The number of carbonyl (C=O) groups excluding carboxylic acids is 2. The van der Waals surface area contributed by atoms with Crippen molar-refractivity contribution in [2.75, 3.05) is 18.1 Å². The predicted octanol–water partition coefficient (Wildman–Crippen LogP) is 1.60. The van der Waals surface area contributed by atoms with Crippen LogP contribution in [0.4, 0.5) is 0 Å². The van der Waals surface area contributed by atoms with Crippen molar-refractivity contribution >= 4 is 21.6 Å². The van der Waals surface area contributed by atoms with E-state index in [9.17, 15) is 18.0 Å². The summed E-state index contributed by atoms with van der Waals surface area (Å²) in [5.41, 5.74) is 2.64. The lowest BCUT2D eigenvalue weighted by molar-refractivity contribution is 0.0468. The average molecular weight is 391 g/mol. The third kappa shape index (κ3) is 4.08. The lowest BCUT2D eigenvalue weighted by atomic mass is 10.1. The molecule has 0 aliphatic carbocycles. The number of hydrogen-bond donors (Lipinski definition) is 0. The van der Waals surface area contributed by atoms with E-state index in [4.69, 9.17) is 4.74 Å². The number of aryl methyl sites for hydroxylation is 2. The number of ketones is 1. The number of sulfone groups is 1. The van der Waals surface area contributed by atoms with Crippen LogP contribution in [0.1, 0.15) is 50.4 Å². The van der Waals surface area contributed by atoms with Gasteiger partial charge in [-0.25, -0.2) is 18.2 Å². The Hall–Kier alpha value is -2.55. The van der Waals surface area contributed by atoms with E-state index in [0.717, 1.165) is 5.69 Å². The van der Waals surface area contributed by atoms with Crippen LogP contribution in [0.3, 0.4) is 0 Å². The second kappa shape index (κ2) is 7.22. The first-order chi connectivity index (χ1) is 12.7. The minimum Gasteiger partial charge on any atom is -0.453 e. The summed E-state index contributed by atoms with van der Waals surface area (Å²) in [5, 5.41) is 0. The number of Topliss-reactive ketones (excluding diaryl/α,β-unsaturated/α-hetero) is 1. The molecule has 0 spiro atoms. The highest BCUT2D eigenvalue weighted by Crippen LogP contribution is 2.29. The van der Waals surface area contributed by atoms with Crippen molar-refractivity contribution in [1.82, 2.24) is 14.5 Å². The van der Waals surface area contributed by atoms with Crippen molar-refractivity contribution in [3.63, 3.8) is 0 Å². The molecule has 0 aromatic carbocycles. The maximum Gasteiger partial charge on any atom is 0.358 e. The Morgan fingerprint density at radius 1 is 1.22 bits per heavy atom. The number of nitrogens with zero attached hydrogens (tertiary/aromatic N) is 3. The molecule has 0 amide bonds. The Morgan fingerprint density at radius 2 is 1.96 bits per heavy atom. The topological polar surface area (TPSA) is 108 Å². The zero-order valence-electron chi connectivity index (χ0n) is 15.4. The molecule has 1 fully saturated rings. The van der Waals surface area contributed by atoms with Crippen LogP contribution in [0.25, 0.3) is 0 Å². The van der Waals surface area contributed by atoms with E-state index in [1.165, 1.54) is 12.4 Å². The van der Waals surface area contributed by atoms with Crippen LogP contribution in [-0.2, 0) is 14.6 Å². The largest absolute Gasteiger partial charge is 0.453 e. The molecule has 0 N–H and O–H groups in total. The van der Waals surface area contributed by atoms with Gasteiger partial charge in [-0.2, -0.15) is 0 Å². The van der Waals surface area contributed by atoms with Crippen LogP contribution in [0.5, 0.6) is 0 Å². The highest BCUT2D eigenvalue weighted by molar-refractivity contribution is 7.91. The molecule has 2 aromatic heterocycles. The van der Waals surface area contributed by atoms with Gasteiger partial charge in [-0.1, -0.05) is 0 Å². The highest BCUT2D eigenvalue weighted by Gasteiger charge is 2.31. The number of ether oxygens (including phenoxy) is 1. The summed E-state index contributed by atoms with van der Waals surface area (Å²) in [6.45, 7) is 4.94. The van der Waals surface area contributed by atoms with Crippen molar-refractivity contribution in [3.05, 3.63) is 46.8 Å². The van der Waals surface area contributed by atoms with Gasteiger partial charge in [0.15, 0.2) is 22.1 Å². The normalized spacial score (nSPS) is 18.4. The van der Waals surface area contributed by atoms with Crippen LogP contribution in [0, 0.1) is 20.8 Å². The maximum atomic E-state index is 12.5. The van der Waals surface area contributed by atoms with Crippen molar-refractivity contribution in [3.8, 4) is 0 Å². The molecule has 1 aliphatic heterocycles. The number of hydrogen-bond acceptors (Lipinski definition) is 7. The van der Waals surface area contributed by atoms with Crippen LogP contribution >= 0.6 is 0 Å². The van der Waals surface area contributed by atoms with Gasteiger partial charge in [0.05, 0.1) is 23.4 Å². The molecule has 2 aromatic rings. The maximum absolute atomic E-state index is 12.5. The Bertz CT molecular complexity index is 993. The molecule has 0 saturated carbocycles. The molecule has 144 valence electrons. The molecule has 1 atom stereocenters. The molecule has 3 heterocycles. The van der Waals surface area contributed by atoms with Gasteiger partial charge in [0.2, 0.25) is 5.78 Å². The SMILES string of the molecule is Cc1cnc(C(=O)OCC(=O)c2cc(C)n([C@H]3CCS(=O)(=O)C3)c2C)cn1. The molecule has 1 aliphatic rings. The molecule has 0 bridgehead atoms. The van der Waals surface area contributed by atoms with Crippen molar-refractivity contribution in [2.45, 2.75) is 33.2 Å². The molecule has 1 saturated heterocycles. The van der Waals surface area contributed by atoms with E-state index in [1.807, 2.05) is 11.5 Å². The lowest BCUT2D eigenvalue weighted by Gasteiger charge is -2.16. The molecule has 8 nitrogen and oxygen atoms in total. The summed E-state index contributed by atoms with van der Waals surface area (Å²) in [7, 11) is -3.03. The van der Waals surface area contributed by atoms with E-state index < -0.39 is 22.4 Å². The van der Waals surface area contributed by atoms with Crippen LogP contribution < -0.4 is 0 Å². The number of esters is 1. The van der Waals surface area contributed by atoms with E-state index in [0.29, 0.717) is 23.4 Å². The fourth-order valence-electron chi connectivity index (χ4n) is 3.38. The molecule has 0 unspecified atom stereocenters. The van der Waals surface area contributed by atoms with Gasteiger partial charge in [-0.05, 0) is 33.3 Å². The lowest BCUT2D eigenvalue weighted by Crippen LogP contribution is -2.17. The standard InChI is InChI=1S/C18H21N3O5S/c1-11-7-20-16(8-19-11)18(23)26-9-17(22)15-6-12(2)21(13(15)3)14-4-5-27(24,25)10-14/h6-8,14H,4-5,9-10H2,1-3H3/t14-/m0/s1. The molecule has 27 heavy (non-hydrogen) atoms.